The quantitative estimate of drug-likeness (QED) is 0.879. The Kier molecular flexibility index (Phi) is 5.36. The average Bonchev–Trinajstić information content (AvgIpc) is 2.54. The first-order valence-electron chi connectivity index (χ1n) is 6.95. The second-order valence-electron chi connectivity index (χ2n) is 5.03. The van der Waals surface area contributed by atoms with Gasteiger partial charge in [-0.3, -0.25) is 9.52 Å². The molecule has 0 radical (unpaired) electrons. The number of benzene rings is 2. The van der Waals surface area contributed by atoms with Crippen LogP contribution in [0.2, 0.25) is 5.02 Å². The molecule has 2 aromatic rings. The summed E-state index contributed by atoms with van der Waals surface area (Å²) in [5.41, 5.74) is 1.04. The first-order chi connectivity index (χ1) is 11.2. The first kappa shape index (κ1) is 18.1. The van der Waals surface area contributed by atoms with Gasteiger partial charge in [0, 0.05) is 25.3 Å². The second-order valence-corrected chi connectivity index (χ2v) is 7.12. The van der Waals surface area contributed by atoms with E-state index in [0.29, 0.717) is 17.1 Å². The number of nitrogens with zero attached hydrogens (tertiary/aromatic N) is 1. The topological polar surface area (TPSA) is 75.7 Å². The Labute approximate surface area is 146 Å². The van der Waals surface area contributed by atoms with E-state index >= 15 is 0 Å². The van der Waals surface area contributed by atoms with Crippen molar-refractivity contribution in [3.63, 3.8) is 0 Å². The number of nitrogens with one attached hydrogen (secondary N) is 1. The van der Waals surface area contributed by atoms with Crippen LogP contribution in [0.25, 0.3) is 0 Å². The average molecular weight is 369 g/mol. The molecule has 1 amide bonds. The lowest BCUT2D eigenvalue weighted by Gasteiger charge is -2.15. The van der Waals surface area contributed by atoms with Crippen LogP contribution in [-0.4, -0.2) is 28.5 Å². The van der Waals surface area contributed by atoms with Gasteiger partial charge in [-0.05, 0) is 42.5 Å². The Morgan fingerprint density at radius 1 is 1.17 bits per heavy atom. The number of hydrogen-bond donors (Lipinski definition) is 1. The number of methoxy groups -OCH3 is 1. The van der Waals surface area contributed by atoms with E-state index in [2.05, 4.69) is 4.72 Å². The predicted molar refractivity (Wildman–Crippen MR) is 94.3 cm³/mol. The highest BCUT2D eigenvalue weighted by Gasteiger charge is 2.16. The summed E-state index contributed by atoms with van der Waals surface area (Å²) in [4.78, 5) is 12.8. The molecule has 0 atom stereocenters. The normalized spacial score (nSPS) is 11.0. The minimum absolute atomic E-state index is 0.0261. The van der Waals surface area contributed by atoms with Crippen molar-refractivity contribution in [2.75, 3.05) is 23.8 Å². The first-order valence-corrected chi connectivity index (χ1v) is 8.81. The zero-order valence-corrected chi connectivity index (χ0v) is 15.0. The number of carbonyl (C=O) groups is 1. The van der Waals surface area contributed by atoms with Gasteiger partial charge in [-0.25, -0.2) is 8.42 Å². The molecular formula is C16H17ClN2O4S. The number of carbonyl (C=O) groups excluding carboxylic acids is 1. The van der Waals surface area contributed by atoms with Gasteiger partial charge in [0.15, 0.2) is 0 Å². The van der Waals surface area contributed by atoms with Gasteiger partial charge >= 0.3 is 0 Å². The maximum Gasteiger partial charge on any atom is 0.261 e. The van der Waals surface area contributed by atoms with Crippen molar-refractivity contribution in [1.82, 2.24) is 0 Å². The van der Waals surface area contributed by atoms with Crippen LogP contribution in [0.1, 0.15) is 6.92 Å². The Morgan fingerprint density at radius 3 is 2.29 bits per heavy atom. The van der Waals surface area contributed by atoms with Crippen molar-refractivity contribution in [1.29, 1.82) is 0 Å². The molecule has 0 heterocycles. The van der Waals surface area contributed by atoms with Gasteiger partial charge in [0.05, 0.1) is 17.0 Å². The molecular weight excluding hydrogens is 352 g/mol. The standard InChI is InChI=1S/C16H17ClN2O4S/c1-11(20)19(2)13-6-4-12(5-7-13)18-24(21,22)14-8-9-16(23-3)15(17)10-14/h4-10,18H,1-3H3. The van der Waals surface area contributed by atoms with E-state index < -0.39 is 10.0 Å². The highest BCUT2D eigenvalue weighted by Crippen LogP contribution is 2.28. The SMILES string of the molecule is COc1ccc(S(=O)(=O)Nc2ccc(N(C)C(C)=O)cc2)cc1Cl. The van der Waals surface area contributed by atoms with Crippen molar-refractivity contribution >= 4 is 38.9 Å². The number of rotatable bonds is 5. The molecule has 8 heteroatoms. The minimum atomic E-state index is -3.78. The van der Waals surface area contributed by atoms with E-state index in [1.807, 2.05) is 0 Å². The highest BCUT2D eigenvalue weighted by molar-refractivity contribution is 7.92. The highest BCUT2D eigenvalue weighted by atomic mass is 35.5. The van der Waals surface area contributed by atoms with Gasteiger partial charge in [-0.2, -0.15) is 0 Å². The van der Waals surface area contributed by atoms with Gasteiger partial charge in [-0.15, -0.1) is 0 Å². The molecule has 2 aromatic carbocycles. The van der Waals surface area contributed by atoms with Crippen LogP contribution in [0.3, 0.4) is 0 Å². The Hall–Kier alpha value is -2.25. The summed E-state index contributed by atoms with van der Waals surface area (Å²) in [6, 6.07) is 10.7. The Bertz CT molecular complexity index is 851. The van der Waals surface area contributed by atoms with Crippen LogP contribution >= 0.6 is 11.6 Å². The number of anilines is 2. The van der Waals surface area contributed by atoms with E-state index in [1.165, 1.54) is 37.1 Å². The van der Waals surface area contributed by atoms with Gasteiger partial charge in [0.25, 0.3) is 10.0 Å². The fraction of sp³-hybridized carbons (Fsp3) is 0.188. The summed E-state index contributed by atoms with van der Waals surface area (Å²) in [6.07, 6.45) is 0. The molecule has 0 aliphatic carbocycles. The van der Waals surface area contributed by atoms with Crippen molar-refractivity contribution in [3.8, 4) is 5.75 Å². The monoisotopic (exact) mass is 368 g/mol. The molecule has 0 spiro atoms. The van der Waals surface area contributed by atoms with Gasteiger partial charge in [0.2, 0.25) is 5.91 Å². The lowest BCUT2D eigenvalue weighted by Crippen LogP contribution is -2.22. The molecule has 0 unspecified atom stereocenters. The molecule has 128 valence electrons. The zero-order chi connectivity index (χ0) is 17.9. The summed E-state index contributed by atoms with van der Waals surface area (Å²) < 4.78 is 32.3. The molecule has 0 saturated carbocycles. The molecule has 0 aliphatic heterocycles. The third-order valence-corrected chi connectivity index (χ3v) is 5.09. The molecule has 1 N–H and O–H groups in total. The van der Waals surface area contributed by atoms with Gasteiger partial charge in [-0.1, -0.05) is 11.6 Å². The summed E-state index contributed by atoms with van der Waals surface area (Å²) in [5.74, 6) is 0.281. The maximum atomic E-state index is 12.4. The number of amides is 1. The van der Waals surface area contributed by atoms with Crippen LogP contribution < -0.4 is 14.4 Å². The lowest BCUT2D eigenvalue weighted by molar-refractivity contribution is -0.116. The second kappa shape index (κ2) is 7.11. The third-order valence-electron chi connectivity index (χ3n) is 3.41. The van der Waals surface area contributed by atoms with Gasteiger partial charge < -0.3 is 9.64 Å². The van der Waals surface area contributed by atoms with Crippen LogP contribution in [-0.2, 0) is 14.8 Å². The van der Waals surface area contributed by atoms with Crippen molar-refractivity contribution in [3.05, 3.63) is 47.5 Å². The number of hydrogen-bond acceptors (Lipinski definition) is 4. The molecule has 0 bridgehead atoms. The zero-order valence-electron chi connectivity index (χ0n) is 13.4. The van der Waals surface area contributed by atoms with Crippen molar-refractivity contribution < 1.29 is 17.9 Å². The number of ether oxygens (including phenoxy) is 1. The van der Waals surface area contributed by atoms with E-state index in [-0.39, 0.29) is 15.8 Å². The van der Waals surface area contributed by atoms with E-state index in [0.717, 1.165) is 0 Å². The predicted octanol–water partition coefficient (Wildman–Crippen LogP) is 3.13. The van der Waals surface area contributed by atoms with Crippen molar-refractivity contribution in [2.24, 2.45) is 0 Å². The van der Waals surface area contributed by atoms with Crippen LogP contribution in [0.15, 0.2) is 47.4 Å². The Balaban J connectivity index is 2.23. The van der Waals surface area contributed by atoms with Crippen LogP contribution in [0.4, 0.5) is 11.4 Å². The fourth-order valence-corrected chi connectivity index (χ4v) is 3.37. The molecule has 0 fully saturated rings. The molecule has 24 heavy (non-hydrogen) atoms. The summed E-state index contributed by atoms with van der Waals surface area (Å²) >= 11 is 5.97. The summed E-state index contributed by atoms with van der Waals surface area (Å²) in [5, 5.41) is 0.207. The van der Waals surface area contributed by atoms with E-state index in [9.17, 15) is 13.2 Å². The molecule has 0 aliphatic rings. The molecule has 0 aromatic heterocycles. The number of halogens is 1. The lowest BCUT2D eigenvalue weighted by atomic mass is 10.2. The number of sulfonamides is 1. The third kappa shape index (κ3) is 3.98. The molecule has 6 nitrogen and oxygen atoms in total. The Morgan fingerprint density at radius 2 is 1.79 bits per heavy atom. The largest absolute Gasteiger partial charge is 0.495 e. The summed E-state index contributed by atoms with van der Waals surface area (Å²) in [7, 11) is -0.689. The fourth-order valence-electron chi connectivity index (χ4n) is 1.96. The van der Waals surface area contributed by atoms with Crippen molar-refractivity contribution in [2.45, 2.75) is 11.8 Å². The smallest absolute Gasteiger partial charge is 0.261 e. The molecule has 0 saturated heterocycles. The molecule has 2 rings (SSSR count). The van der Waals surface area contributed by atoms with E-state index in [4.69, 9.17) is 16.3 Å². The van der Waals surface area contributed by atoms with Gasteiger partial charge in [0.1, 0.15) is 5.75 Å². The van der Waals surface area contributed by atoms with Crippen LogP contribution in [0.5, 0.6) is 5.75 Å². The minimum Gasteiger partial charge on any atom is -0.495 e. The summed E-state index contributed by atoms with van der Waals surface area (Å²) in [6.45, 7) is 1.45. The maximum absolute atomic E-state index is 12.4. The van der Waals surface area contributed by atoms with E-state index in [1.54, 1.807) is 31.3 Å². The van der Waals surface area contributed by atoms with Crippen LogP contribution in [0, 0.1) is 0 Å².